The quantitative estimate of drug-likeness (QED) is 0.426. The van der Waals surface area contributed by atoms with Crippen molar-refractivity contribution < 1.29 is 9.47 Å². The van der Waals surface area contributed by atoms with E-state index in [1.165, 1.54) is 0 Å². The summed E-state index contributed by atoms with van der Waals surface area (Å²) in [6.45, 7) is 3.89. The molecule has 0 aromatic rings. The summed E-state index contributed by atoms with van der Waals surface area (Å²) in [4.78, 5) is 0. The van der Waals surface area contributed by atoms with Crippen molar-refractivity contribution in [3.05, 3.63) is 0 Å². The van der Waals surface area contributed by atoms with Gasteiger partial charge in [0.1, 0.15) is 6.10 Å². The topological polar surface area (TPSA) is 21.8 Å². The largest absolute Gasteiger partial charge is 0.378 e. The summed E-state index contributed by atoms with van der Waals surface area (Å²) in [6, 6.07) is 0. The van der Waals surface area contributed by atoms with Crippen LogP contribution in [0.25, 0.3) is 0 Å². The van der Waals surface area contributed by atoms with Crippen molar-refractivity contribution in [3.8, 4) is 0 Å². The Morgan fingerprint density at radius 1 is 1.38 bits per heavy atom. The van der Waals surface area contributed by atoms with Gasteiger partial charge in [-0.25, -0.2) is 0 Å². The minimum Gasteiger partial charge on any atom is -0.378 e. The first kappa shape index (κ1) is 4.77. The second kappa shape index (κ2) is 1.45. The Morgan fingerprint density at radius 2 is 2.25 bits per heavy atom. The zero-order valence-electron chi connectivity index (χ0n) is 4.96. The van der Waals surface area contributed by atoms with Crippen molar-refractivity contribution in [1.82, 2.24) is 0 Å². The number of hydrogen-bond donors (Lipinski definition) is 0. The Hall–Kier alpha value is -0.0800. The van der Waals surface area contributed by atoms with Gasteiger partial charge in [0.2, 0.25) is 0 Å². The highest BCUT2D eigenvalue weighted by Crippen LogP contribution is 2.33. The van der Waals surface area contributed by atoms with Crippen LogP contribution in [0.15, 0.2) is 0 Å². The van der Waals surface area contributed by atoms with Gasteiger partial charge in [0, 0.05) is 5.92 Å². The van der Waals surface area contributed by atoms with Crippen molar-refractivity contribution in [2.24, 2.45) is 5.92 Å². The van der Waals surface area contributed by atoms with Crippen LogP contribution < -0.4 is 0 Å². The van der Waals surface area contributed by atoms with Gasteiger partial charge in [-0.2, -0.15) is 0 Å². The molecule has 0 N–H and O–H groups in total. The Labute approximate surface area is 48.8 Å². The Bertz CT molecular complexity index is 103. The fourth-order valence-corrected chi connectivity index (χ4v) is 1.26. The second-order valence-corrected chi connectivity index (χ2v) is 2.65. The van der Waals surface area contributed by atoms with Crippen LogP contribution in [0.3, 0.4) is 0 Å². The molecule has 0 aromatic carbocycles. The van der Waals surface area contributed by atoms with E-state index in [0.717, 1.165) is 13.2 Å². The Kier molecular flexibility index (Phi) is 0.866. The van der Waals surface area contributed by atoms with Crippen LogP contribution in [-0.2, 0) is 9.47 Å². The van der Waals surface area contributed by atoms with Gasteiger partial charge in [-0.1, -0.05) is 6.92 Å². The first-order valence-corrected chi connectivity index (χ1v) is 3.11. The zero-order chi connectivity index (χ0) is 5.56. The molecule has 3 atom stereocenters. The molecule has 0 radical (unpaired) electrons. The maximum absolute atomic E-state index is 5.27. The van der Waals surface area contributed by atoms with Crippen LogP contribution >= 0.6 is 0 Å². The van der Waals surface area contributed by atoms with Gasteiger partial charge in [-0.3, -0.25) is 0 Å². The molecule has 0 saturated carbocycles. The van der Waals surface area contributed by atoms with Crippen LogP contribution in [0.5, 0.6) is 0 Å². The van der Waals surface area contributed by atoms with E-state index >= 15 is 0 Å². The average molecular weight is 114 g/mol. The van der Waals surface area contributed by atoms with E-state index in [-0.39, 0.29) is 0 Å². The third kappa shape index (κ3) is 0.565. The van der Waals surface area contributed by atoms with E-state index in [9.17, 15) is 0 Å². The zero-order valence-corrected chi connectivity index (χ0v) is 4.96. The first-order valence-electron chi connectivity index (χ1n) is 3.11. The highest BCUT2D eigenvalue weighted by Gasteiger charge is 2.45. The lowest BCUT2D eigenvalue weighted by molar-refractivity contribution is 0.0816. The third-order valence-electron chi connectivity index (χ3n) is 1.85. The highest BCUT2D eigenvalue weighted by molar-refractivity contribution is 4.91. The first-order chi connectivity index (χ1) is 3.88. The molecule has 2 nitrogen and oxygen atoms in total. The van der Waals surface area contributed by atoms with Gasteiger partial charge in [-0.15, -0.1) is 0 Å². The van der Waals surface area contributed by atoms with Crippen molar-refractivity contribution in [2.75, 3.05) is 13.2 Å². The summed E-state index contributed by atoms with van der Waals surface area (Å²) < 4.78 is 10.5. The van der Waals surface area contributed by atoms with Crippen LogP contribution in [-0.4, -0.2) is 25.4 Å². The second-order valence-electron chi connectivity index (χ2n) is 2.65. The number of rotatable bonds is 0. The minimum atomic E-state index is 0.457. The lowest BCUT2D eigenvalue weighted by Crippen LogP contribution is -2.22. The molecule has 2 aliphatic rings. The molecular formula is C6H10O2. The van der Waals surface area contributed by atoms with Crippen molar-refractivity contribution >= 4 is 0 Å². The molecule has 2 heteroatoms. The third-order valence-corrected chi connectivity index (χ3v) is 1.85. The van der Waals surface area contributed by atoms with E-state index in [1.807, 2.05) is 0 Å². The highest BCUT2D eigenvalue weighted by atomic mass is 16.6. The van der Waals surface area contributed by atoms with Crippen molar-refractivity contribution in [1.29, 1.82) is 0 Å². The molecule has 3 unspecified atom stereocenters. The number of ether oxygens (including phenoxy) is 2. The van der Waals surface area contributed by atoms with Gasteiger partial charge in [0.15, 0.2) is 0 Å². The van der Waals surface area contributed by atoms with Crippen LogP contribution in [0.2, 0.25) is 0 Å². The molecule has 0 spiro atoms. The summed E-state index contributed by atoms with van der Waals surface area (Å²) in [7, 11) is 0. The van der Waals surface area contributed by atoms with Crippen molar-refractivity contribution in [2.45, 2.75) is 19.1 Å². The predicted octanol–water partition coefficient (Wildman–Crippen LogP) is 0.420. The molecule has 2 saturated heterocycles. The maximum atomic E-state index is 5.27. The van der Waals surface area contributed by atoms with E-state index in [4.69, 9.17) is 9.47 Å². The molecule has 2 aliphatic heterocycles. The monoisotopic (exact) mass is 114 g/mol. The Balaban J connectivity index is 1.99. The smallest absolute Gasteiger partial charge is 0.108 e. The molecule has 0 aliphatic carbocycles. The molecule has 2 heterocycles. The summed E-state index contributed by atoms with van der Waals surface area (Å²) in [6.07, 6.45) is 1.00. The van der Waals surface area contributed by atoms with Crippen LogP contribution in [0.4, 0.5) is 0 Å². The number of epoxide rings is 1. The molecule has 0 aromatic heterocycles. The van der Waals surface area contributed by atoms with E-state index in [0.29, 0.717) is 18.1 Å². The lowest BCUT2D eigenvalue weighted by Gasteiger charge is -2.12. The fourth-order valence-electron chi connectivity index (χ4n) is 1.26. The molecule has 2 rings (SSSR count). The molecule has 8 heavy (non-hydrogen) atoms. The number of fused-ring (bicyclic) bond motifs is 1. The summed E-state index contributed by atoms with van der Waals surface area (Å²) in [5, 5.41) is 0. The molecule has 0 amide bonds. The summed E-state index contributed by atoms with van der Waals surface area (Å²) in [5.41, 5.74) is 0. The van der Waals surface area contributed by atoms with E-state index in [2.05, 4.69) is 6.92 Å². The fraction of sp³-hybridized carbons (Fsp3) is 1.00. The molecule has 46 valence electrons. The average Bonchev–Trinajstić information content (AvgIpc) is 2.45. The molecule has 2 fully saturated rings. The maximum Gasteiger partial charge on any atom is 0.108 e. The number of hydrogen-bond acceptors (Lipinski definition) is 2. The SMILES string of the molecule is CC1COCC2OC12. The summed E-state index contributed by atoms with van der Waals surface area (Å²) in [5.74, 6) is 0.633. The van der Waals surface area contributed by atoms with Gasteiger partial charge < -0.3 is 9.47 Å². The van der Waals surface area contributed by atoms with E-state index in [1.54, 1.807) is 0 Å². The standard InChI is InChI=1S/C6H10O2/c1-4-2-7-3-5-6(4)8-5/h4-6H,2-3H2,1H3. The van der Waals surface area contributed by atoms with E-state index < -0.39 is 0 Å². The minimum absolute atomic E-state index is 0.457. The van der Waals surface area contributed by atoms with Crippen LogP contribution in [0.1, 0.15) is 6.92 Å². The van der Waals surface area contributed by atoms with Gasteiger partial charge >= 0.3 is 0 Å². The molecular weight excluding hydrogens is 104 g/mol. The summed E-state index contributed by atoms with van der Waals surface area (Å²) >= 11 is 0. The molecule has 0 bridgehead atoms. The lowest BCUT2D eigenvalue weighted by atomic mass is 10.1. The normalized spacial score (nSPS) is 52.9. The predicted molar refractivity (Wildman–Crippen MR) is 28.6 cm³/mol. The van der Waals surface area contributed by atoms with Crippen LogP contribution in [0, 0.1) is 5.92 Å². The van der Waals surface area contributed by atoms with Crippen molar-refractivity contribution in [3.63, 3.8) is 0 Å². The van der Waals surface area contributed by atoms with Gasteiger partial charge in [0.25, 0.3) is 0 Å². The van der Waals surface area contributed by atoms with Gasteiger partial charge in [-0.05, 0) is 0 Å². The Morgan fingerprint density at radius 3 is 2.88 bits per heavy atom. The van der Waals surface area contributed by atoms with Gasteiger partial charge in [0.05, 0.1) is 19.3 Å².